The zero-order chi connectivity index (χ0) is 21.8. The highest BCUT2D eigenvalue weighted by molar-refractivity contribution is 7.89. The highest BCUT2D eigenvalue weighted by atomic mass is 32.2. The number of benzene rings is 2. The van der Waals surface area contributed by atoms with Crippen molar-refractivity contribution in [3.8, 4) is 5.75 Å². The minimum absolute atomic E-state index is 0.0971. The number of aryl methyl sites for hydroxylation is 2. The number of carbonyl (C=O) groups is 2. The van der Waals surface area contributed by atoms with Crippen LogP contribution in [0.3, 0.4) is 0 Å². The Kier molecular flexibility index (Phi) is 6.99. The van der Waals surface area contributed by atoms with Crippen LogP contribution in [0.15, 0.2) is 41.3 Å². The van der Waals surface area contributed by atoms with Crippen LogP contribution < -0.4 is 10.1 Å². The van der Waals surface area contributed by atoms with Crippen LogP contribution >= 0.6 is 0 Å². The summed E-state index contributed by atoms with van der Waals surface area (Å²) in [7, 11) is 0.138. The van der Waals surface area contributed by atoms with Gasteiger partial charge in [0.05, 0.1) is 36.9 Å². The average Bonchev–Trinajstić information content (AvgIpc) is 2.69. The van der Waals surface area contributed by atoms with E-state index < -0.39 is 28.4 Å². The Morgan fingerprint density at radius 3 is 2.31 bits per heavy atom. The molecule has 2 aromatic carbocycles. The van der Waals surface area contributed by atoms with Crippen molar-refractivity contribution in [3.63, 3.8) is 0 Å². The van der Waals surface area contributed by atoms with E-state index in [-0.39, 0.29) is 16.1 Å². The summed E-state index contributed by atoms with van der Waals surface area (Å²) in [5, 5.41) is 2.55. The van der Waals surface area contributed by atoms with Crippen LogP contribution in [-0.2, 0) is 19.6 Å². The van der Waals surface area contributed by atoms with E-state index >= 15 is 0 Å². The Hall–Kier alpha value is -2.91. The highest BCUT2D eigenvalue weighted by Crippen LogP contribution is 2.23. The minimum atomic E-state index is -3.85. The van der Waals surface area contributed by atoms with E-state index in [1.807, 2.05) is 13.8 Å². The van der Waals surface area contributed by atoms with Gasteiger partial charge in [0.2, 0.25) is 15.9 Å². The van der Waals surface area contributed by atoms with Gasteiger partial charge in [0.1, 0.15) is 5.75 Å². The third kappa shape index (κ3) is 5.12. The average molecular weight is 420 g/mol. The number of amides is 1. The fraction of sp³-hybridized carbons (Fsp3) is 0.300. The summed E-state index contributed by atoms with van der Waals surface area (Å²) in [5.41, 5.74) is 2.10. The van der Waals surface area contributed by atoms with Crippen LogP contribution in [0.2, 0.25) is 0 Å². The first-order chi connectivity index (χ1) is 13.6. The number of ether oxygens (including phenoxy) is 2. The van der Waals surface area contributed by atoms with Crippen LogP contribution in [0.5, 0.6) is 5.75 Å². The minimum Gasteiger partial charge on any atom is -0.497 e. The molecule has 0 spiro atoms. The van der Waals surface area contributed by atoms with Crippen molar-refractivity contribution in [1.82, 2.24) is 4.31 Å². The van der Waals surface area contributed by atoms with Gasteiger partial charge in [-0.15, -0.1) is 0 Å². The number of hydrogen-bond acceptors (Lipinski definition) is 6. The van der Waals surface area contributed by atoms with Crippen LogP contribution in [0.1, 0.15) is 21.5 Å². The van der Waals surface area contributed by atoms with Gasteiger partial charge in [0, 0.05) is 7.05 Å². The second kappa shape index (κ2) is 9.06. The Labute approximate surface area is 170 Å². The molecule has 29 heavy (non-hydrogen) atoms. The molecule has 0 aliphatic heterocycles. The van der Waals surface area contributed by atoms with E-state index in [0.717, 1.165) is 15.4 Å². The SMILES string of the molecule is COC(=O)c1cc(OC)ccc1NC(=O)CN(C)S(=O)(=O)c1ccc(C)c(C)c1. The molecule has 0 aliphatic carbocycles. The molecule has 8 nitrogen and oxygen atoms in total. The lowest BCUT2D eigenvalue weighted by molar-refractivity contribution is -0.116. The fourth-order valence-electron chi connectivity index (χ4n) is 2.57. The number of nitrogens with one attached hydrogen (secondary N) is 1. The zero-order valence-corrected chi connectivity index (χ0v) is 17.8. The van der Waals surface area contributed by atoms with E-state index in [0.29, 0.717) is 5.75 Å². The summed E-state index contributed by atoms with van der Waals surface area (Å²) in [4.78, 5) is 24.5. The quantitative estimate of drug-likeness (QED) is 0.690. The van der Waals surface area contributed by atoms with Crippen molar-refractivity contribution < 1.29 is 27.5 Å². The number of esters is 1. The summed E-state index contributed by atoms with van der Waals surface area (Å²) < 4.78 is 36.2. The molecule has 9 heteroatoms. The largest absolute Gasteiger partial charge is 0.497 e. The Morgan fingerprint density at radius 2 is 1.72 bits per heavy atom. The van der Waals surface area contributed by atoms with Crippen LogP contribution in [-0.4, -0.2) is 52.4 Å². The first-order valence-corrected chi connectivity index (χ1v) is 10.1. The van der Waals surface area contributed by atoms with Gasteiger partial charge < -0.3 is 14.8 Å². The molecule has 0 aromatic heterocycles. The Balaban J connectivity index is 2.20. The molecule has 0 saturated heterocycles. The van der Waals surface area contributed by atoms with Crippen molar-refractivity contribution in [1.29, 1.82) is 0 Å². The van der Waals surface area contributed by atoms with Gasteiger partial charge in [-0.3, -0.25) is 4.79 Å². The molecular formula is C20H24N2O6S. The second-order valence-corrected chi connectivity index (χ2v) is 8.50. The Bertz CT molecular complexity index is 1030. The molecule has 2 rings (SSSR count). The number of rotatable bonds is 7. The molecule has 1 N–H and O–H groups in total. The maximum Gasteiger partial charge on any atom is 0.340 e. The molecule has 2 aromatic rings. The molecule has 1 amide bonds. The lowest BCUT2D eigenvalue weighted by Gasteiger charge is -2.18. The first kappa shape index (κ1) is 22.4. The third-order valence-corrected chi connectivity index (χ3v) is 6.26. The smallest absolute Gasteiger partial charge is 0.340 e. The lowest BCUT2D eigenvalue weighted by Crippen LogP contribution is -2.35. The first-order valence-electron chi connectivity index (χ1n) is 8.70. The number of likely N-dealkylation sites (N-methyl/N-ethyl adjacent to an activating group) is 1. The molecule has 156 valence electrons. The fourth-order valence-corrected chi connectivity index (χ4v) is 3.78. The predicted octanol–water partition coefficient (Wildman–Crippen LogP) is 2.36. The van der Waals surface area contributed by atoms with Crippen molar-refractivity contribution in [2.45, 2.75) is 18.7 Å². The summed E-state index contributed by atoms with van der Waals surface area (Å²) in [6.07, 6.45) is 0. The molecule has 0 heterocycles. The summed E-state index contributed by atoms with van der Waals surface area (Å²) >= 11 is 0. The highest BCUT2D eigenvalue weighted by Gasteiger charge is 2.24. The van der Waals surface area contributed by atoms with Crippen molar-refractivity contribution in [3.05, 3.63) is 53.1 Å². The topological polar surface area (TPSA) is 102 Å². The third-order valence-electron chi connectivity index (χ3n) is 4.46. The summed E-state index contributed by atoms with van der Waals surface area (Å²) in [6.45, 7) is 3.28. The molecule has 0 radical (unpaired) electrons. The van der Waals surface area contributed by atoms with Gasteiger partial charge in [-0.1, -0.05) is 6.07 Å². The normalized spacial score (nSPS) is 11.2. The van der Waals surface area contributed by atoms with E-state index in [1.165, 1.54) is 39.5 Å². The second-order valence-electron chi connectivity index (χ2n) is 6.46. The molecule has 0 atom stereocenters. The molecule has 0 saturated carbocycles. The van der Waals surface area contributed by atoms with Gasteiger partial charge in [-0.2, -0.15) is 4.31 Å². The van der Waals surface area contributed by atoms with E-state index in [4.69, 9.17) is 9.47 Å². The van der Waals surface area contributed by atoms with Crippen molar-refractivity contribution in [2.24, 2.45) is 0 Å². The number of carbonyl (C=O) groups excluding carboxylic acids is 2. The molecule has 0 aliphatic rings. The van der Waals surface area contributed by atoms with E-state index in [9.17, 15) is 18.0 Å². The van der Waals surface area contributed by atoms with Crippen molar-refractivity contribution >= 4 is 27.6 Å². The van der Waals surface area contributed by atoms with Gasteiger partial charge in [0.15, 0.2) is 0 Å². The maximum absolute atomic E-state index is 12.7. The lowest BCUT2D eigenvalue weighted by atomic mass is 10.1. The monoisotopic (exact) mass is 420 g/mol. The Morgan fingerprint density at radius 1 is 1.03 bits per heavy atom. The van der Waals surface area contributed by atoms with Crippen LogP contribution in [0, 0.1) is 13.8 Å². The van der Waals surface area contributed by atoms with E-state index in [1.54, 1.807) is 18.2 Å². The number of anilines is 1. The zero-order valence-electron chi connectivity index (χ0n) is 17.0. The van der Waals surface area contributed by atoms with Crippen LogP contribution in [0.4, 0.5) is 5.69 Å². The number of methoxy groups -OCH3 is 2. The van der Waals surface area contributed by atoms with Gasteiger partial charge in [-0.25, -0.2) is 13.2 Å². The molecule has 0 unspecified atom stereocenters. The number of nitrogens with zero attached hydrogens (tertiary/aromatic N) is 1. The molecular weight excluding hydrogens is 396 g/mol. The van der Waals surface area contributed by atoms with Gasteiger partial charge in [0.25, 0.3) is 0 Å². The van der Waals surface area contributed by atoms with Gasteiger partial charge in [-0.05, 0) is 55.3 Å². The number of hydrogen-bond donors (Lipinski definition) is 1. The van der Waals surface area contributed by atoms with E-state index in [2.05, 4.69) is 5.32 Å². The standard InChI is InChI=1S/C20H24N2O6S/c1-13-6-8-16(10-14(13)2)29(25,26)22(3)12-19(23)21-18-9-7-15(27-4)11-17(18)20(24)28-5/h6-11H,12H2,1-5H3,(H,21,23). The number of sulfonamides is 1. The van der Waals surface area contributed by atoms with Crippen LogP contribution in [0.25, 0.3) is 0 Å². The predicted molar refractivity (Wildman–Crippen MR) is 109 cm³/mol. The maximum atomic E-state index is 12.7. The summed E-state index contributed by atoms with van der Waals surface area (Å²) in [6, 6.07) is 9.27. The van der Waals surface area contributed by atoms with Gasteiger partial charge >= 0.3 is 5.97 Å². The van der Waals surface area contributed by atoms with Crippen molar-refractivity contribution in [2.75, 3.05) is 33.1 Å². The summed E-state index contributed by atoms with van der Waals surface area (Å²) in [5.74, 6) is -0.844. The molecule has 0 bridgehead atoms. The molecule has 0 fully saturated rings.